The van der Waals surface area contributed by atoms with E-state index in [4.69, 9.17) is 14.5 Å². The molecule has 0 radical (unpaired) electrons. The predicted molar refractivity (Wildman–Crippen MR) is 92.1 cm³/mol. The molecular weight excluding hydrogens is 310 g/mol. The van der Waals surface area contributed by atoms with Gasteiger partial charge in [0.25, 0.3) is 0 Å². The van der Waals surface area contributed by atoms with E-state index in [1.165, 1.54) is 32.1 Å². The molecule has 0 saturated heterocycles. The van der Waals surface area contributed by atoms with Crippen LogP contribution in [0.3, 0.4) is 0 Å². The lowest BCUT2D eigenvalue weighted by Gasteiger charge is -2.16. The molecule has 1 saturated carbocycles. The number of aryl methyl sites for hydroxylation is 1. The Balaban J connectivity index is 1.92. The Kier molecular flexibility index (Phi) is 5.00. The van der Waals surface area contributed by atoms with Crippen molar-refractivity contribution in [2.75, 3.05) is 14.2 Å². The second kappa shape index (κ2) is 7.17. The molecule has 3 rings (SSSR count). The van der Waals surface area contributed by atoms with Crippen molar-refractivity contribution in [1.29, 1.82) is 0 Å². The topological polar surface area (TPSA) is 48.6 Å². The zero-order chi connectivity index (χ0) is 16.2. The molecule has 1 aliphatic carbocycles. The Morgan fingerprint density at radius 2 is 1.87 bits per heavy atom. The van der Waals surface area contributed by atoms with E-state index in [9.17, 15) is 0 Å². The van der Waals surface area contributed by atoms with Gasteiger partial charge >= 0.3 is 0 Å². The maximum Gasteiger partial charge on any atom is 0.203 e. The first-order valence-electron chi connectivity index (χ1n) is 8.01. The molecule has 2 aromatic rings. The second-order valence-corrected chi connectivity index (χ2v) is 6.76. The van der Waals surface area contributed by atoms with Gasteiger partial charge in [0.05, 0.1) is 20.3 Å². The lowest BCUT2D eigenvalue weighted by atomic mass is 9.96. The third-order valence-corrected chi connectivity index (χ3v) is 5.27. The van der Waals surface area contributed by atoms with Crippen LogP contribution in [0.5, 0.6) is 11.5 Å². The molecule has 0 amide bonds. The molecule has 1 fully saturated rings. The number of hydrogen-bond acceptors (Lipinski definition) is 5. The van der Waals surface area contributed by atoms with Crippen molar-refractivity contribution in [3.63, 3.8) is 0 Å². The highest BCUT2D eigenvalue weighted by Crippen LogP contribution is 2.32. The van der Waals surface area contributed by atoms with Gasteiger partial charge in [0, 0.05) is 12.6 Å². The maximum atomic E-state index is 5.38. The summed E-state index contributed by atoms with van der Waals surface area (Å²) >= 11 is 1.63. The van der Waals surface area contributed by atoms with Crippen LogP contribution < -0.4 is 14.3 Å². The van der Waals surface area contributed by atoms with E-state index in [-0.39, 0.29) is 0 Å². The molecule has 6 heteroatoms. The van der Waals surface area contributed by atoms with Crippen LogP contribution in [-0.2, 0) is 7.05 Å². The number of aromatic nitrogens is 2. The van der Waals surface area contributed by atoms with Gasteiger partial charge in [-0.05, 0) is 31.0 Å². The quantitative estimate of drug-likeness (QED) is 0.861. The first kappa shape index (κ1) is 16.1. The number of benzene rings is 1. The first-order chi connectivity index (χ1) is 11.2. The summed E-state index contributed by atoms with van der Waals surface area (Å²) in [7, 11) is 5.25. The average molecular weight is 333 g/mol. The fraction of sp³-hybridized carbons (Fsp3) is 0.529. The molecule has 0 aliphatic heterocycles. The summed E-state index contributed by atoms with van der Waals surface area (Å²) in [4.78, 5) is 5.89. The summed E-state index contributed by atoms with van der Waals surface area (Å²) < 4.78 is 12.5. The van der Waals surface area contributed by atoms with E-state index in [0.717, 1.165) is 21.1 Å². The highest BCUT2D eigenvalue weighted by molar-refractivity contribution is 7.12. The Bertz CT molecular complexity index is 730. The van der Waals surface area contributed by atoms with Crippen LogP contribution in [0.1, 0.15) is 32.1 Å². The fourth-order valence-electron chi connectivity index (χ4n) is 2.91. The predicted octanol–water partition coefficient (Wildman–Crippen LogP) is 3.40. The lowest BCUT2D eigenvalue weighted by molar-refractivity contribution is 0.355. The zero-order valence-electron chi connectivity index (χ0n) is 13.9. The molecule has 0 atom stereocenters. The van der Waals surface area contributed by atoms with Crippen molar-refractivity contribution >= 4 is 11.3 Å². The van der Waals surface area contributed by atoms with Crippen molar-refractivity contribution < 1.29 is 9.47 Å². The minimum Gasteiger partial charge on any atom is -0.493 e. The SMILES string of the molecule is COc1ccc(-c2nn(C)c(=NC3CCCCC3)s2)cc1OC. The summed E-state index contributed by atoms with van der Waals surface area (Å²) in [6.07, 6.45) is 6.32. The minimum absolute atomic E-state index is 0.452. The number of nitrogens with zero attached hydrogens (tertiary/aromatic N) is 3. The molecule has 0 bridgehead atoms. The summed E-state index contributed by atoms with van der Waals surface area (Å²) in [6, 6.07) is 6.33. The summed E-state index contributed by atoms with van der Waals surface area (Å²) in [5.41, 5.74) is 1.02. The largest absolute Gasteiger partial charge is 0.493 e. The van der Waals surface area contributed by atoms with Gasteiger partial charge in [-0.25, -0.2) is 4.68 Å². The van der Waals surface area contributed by atoms with Gasteiger partial charge in [0.2, 0.25) is 4.80 Å². The van der Waals surface area contributed by atoms with Crippen LogP contribution in [0.2, 0.25) is 0 Å². The molecular formula is C17H23N3O2S. The van der Waals surface area contributed by atoms with Crippen LogP contribution in [0.25, 0.3) is 10.6 Å². The summed E-state index contributed by atoms with van der Waals surface area (Å²) in [6.45, 7) is 0. The standard InChI is InChI=1S/C17H23N3O2S/c1-20-17(18-13-7-5-4-6-8-13)23-16(19-20)12-9-10-14(21-2)15(11-12)22-3/h9-11,13H,4-8H2,1-3H3. The Morgan fingerprint density at radius 1 is 1.13 bits per heavy atom. The third kappa shape index (κ3) is 3.58. The molecule has 124 valence electrons. The van der Waals surface area contributed by atoms with Crippen molar-refractivity contribution in [2.24, 2.45) is 12.0 Å². The van der Waals surface area contributed by atoms with E-state index in [0.29, 0.717) is 11.8 Å². The molecule has 5 nitrogen and oxygen atoms in total. The van der Waals surface area contributed by atoms with Gasteiger partial charge in [-0.3, -0.25) is 4.99 Å². The fourth-order valence-corrected chi connectivity index (χ4v) is 3.87. The van der Waals surface area contributed by atoms with Crippen LogP contribution in [0.15, 0.2) is 23.2 Å². The van der Waals surface area contributed by atoms with E-state index < -0.39 is 0 Å². The van der Waals surface area contributed by atoms with Gasteiger partial charge in [0.1, 0.15) is 5.01 Å². The number of ether oxygens (including phenoxy) is 2. The number of methoxy groups -OCH3 is 2. The monoisotopic (exact) mass is 333 g/mol. The van der Waals surface area contributed by atoms with Gasteiger partial charge in [-0.15, -0.1) is 0 Å². The van der Waals surface area contributed by atoms with Gasteiger partial charge < -0.3 is 9.47 Å². The highest BCUT2D eigenvalue weighted by atomic mass is 32.1. The van der Waals surface area contributed by atoms with Crippen LogP contribution in [0.4, 0.5) is 0 Å². The third-order valence-electron chi connectivity index (χ3n) is 4.20. The lowest BCUT2D eigenvalue weighted by Crippen LogP contribution is -2.18. The Hall–Kier alpha value is -1.82. The first-order valence-corrected chi connectivity index (χ1v) is 8.83. The minimum atomic E-state index is 0.452. The number of rotatable bonds is 4. The van der Waals surface area contributed by atoms with Crippen LogP contribution in [-0.4, -0.2) is 30.0 Å². The Labute approximate surface area is 140 Å². The van der Waals surface area contributed by atoms with Crippen molar-refractivity contribution in [2.45, 2.75) is 38.1 Å². The van der Waals surface area contributed by atoms with Crippen LogP contribution >= 0.6 is 11.3 Å². The Morgan fingerprint density at radius 3 is 2.57 bits per heavy atom. The van der Waals surface area contributed by atoms with Gasteiger partial charge in [0.15, 0.2) is 11.5 Å². The highest BCUT2D eigenvalue weighted by Gasteiger charge is 2.14. The molecule has 1 aromatic heterocycles. The van der Waals surface area contributed by atoms with Gasteiger partial charge in [-0.1, -0.05) is 30.6 Å². The second-order valence-electron chi connectivity index (χ2n) is 5.80. The molecule has 0 unspecified atom stereocenters. The normalized spacial score (nSPS) is 16.6. The maximum absolute atomic E-state index is 5.38. The van der Waals surface area contributed by atoms with Crippen molar-refractivity contribution in [3.8, 4) is 22.1 Å². The molecule has 1 heterocycles. The van der Waals surface area contributed by atoms with E-state index >= 15 is 0 Å². The van der Waals surface area contributed by atoms with E-state index in [1.807, 2.05) is 29.9 Å². The smallest absolute Gasteiger partial charge is 0.203 e. The molecule has 1 aliphatic rings. The van der Waals surface area contributed by atoms with Crippen LogP contribution in [0, 0.1) is 0 Å². The average Bonchev–Trinajstić information content (AvgIpc) is 2.96. The molecule has 0 spiro atoms. The molecule has 23 heavy (non-hydrogen) atoms. The van der Waals surface area contributed by atoms with Gasteiger partial charge in [-0.2, -0.15) is 5.10 Å². The molecule has 1 aromatic carbocycles. The number of hydrogen-bond donors (Lipinski definition) is 0. The van der Waals surface area contributed by atoms with E-state index in [1.54, 1.807) is 25.6 Å². The van der Waals surface area contributed by atoms with Crippen molar-refractivity contribution in [3.05, 3.63) is 23.0 Å². The van der Waals surface area contributed by atoms with Crippen molar-refractivity contribution in [1.82, 2.24) is 9.78 Å². The zero-order valence-corrected chi connectivity index (χ0v) is 14.7. The summed E-state index contributed by atoms with van der Waals surface area (Å²) in [5.74, 6) is 1.44. The molecule has 0 N–H and O–H groups in total. The van der Waals surface area contributed by atoms with E-state index in [2.05, 4.69) is 5.10 Å². The summed E-state index contributed by atoms with van der Waals surface area (Å²) in [5, 5.41) is 5.57.